The van der Waals surface area contributed by atoms with Gasteiger partial charge in [0, 0.05) is 22.1 Å². The van der Waals surface area contributed by atoms with E-state index in [-0.39, 0.29) is 0 Å². The van der Waals surface area contributed by atoms with Crippen molar-refractivity contribution in [1.82, 2.24) is 19.9 Å². The Balaban J connectivity index is 0.956. The maximum atomic E-state index is 4.87. The molecular weight excluding hydrogens is 585 g/mol. The summed E-state index contributed by atoms with van der Waals surface area (Å²) in [6, 6.07) is 15.0. The van der Waals surface area contributed by atoms with Gasteiger partial charge in [-0.25, -0.2) is 9.97 Å². The van der Waals surface area contributed by atoms with Gasteiger partial charge >= 0.3 is 0 Å². The first kappa shape index (κ1) is 35.9. The molecule has 0 saturated carbocycles. The number of nitrogens with zero attached hydrogens (tertiary/aromatic N) is 2. The summed E-state index contributed by atoms with van der Waals surface area (Å²) in [5.74, 6) is 0. The van der Waals surface area contributed by atoms with Crippen LogP contribution in [0.15, 0.2) is 42.5 Å². The molecule has 2 aliphatic rings. The highest BCUT2D eigenvalue weighted by molar-refractivity contribution is 5.78. The lowest BCUT2D eigenvalue weighted by Gasteiger charge is -2.04. The molecule has 8 bridgehead atoms. The first-order valence-electron chi connectivity index (χ1n) is 19.8. The molecule has 48 heavy (non-hydrogen) atoms. The average molecular weight is 647 g/mol. The van der Waals surface area contributed by atoms with E-state index in [1.807, 2.05) is 0 Å². The number of fused-ring (bicyclic) bond motifs is 8. The van der Waals surface area contributed by atoms with Gasteiger partial charge in [-0.3, -0.25) is 0 Å². The van der Waals surface area contributed by atoms with E-state index >= 15 is 0 Å². The van der Waals surface area contributed by atoms with Gasteiger partial charge in [0.25, 0.3) is 0 Å². The van der Waals surface area contributed by atoms with E-state index in [0.717, 1.165) is 45.7 Å². The fraction of sp³-hybridized carbons (Fsp3) is 0.545. The van der Waals surface area contributed by atoms with Crippen molar-refractivity contribution >= 4 is 46.4 Å². The third-order valence-electron chi connectivity index (χ3n) is 10.1. The van der Waals surface area contributed by atoms with Crippen LogP contribution in [-0.4, -0.2) is 19.9 Å². The molecule has 0 unspecified atom stereocenters. The van der Waals surface area contributed by atoms with Crippen molar-refractivity contribution in [2.45, 2.75) is 155 Å². The summed E-state index contributed by atoms with van der Waals surface area (Å²) >= 11 is 0. The molecule has 0 radical (unpaired) electrons. The van der Waals surface area contributed by atoms with Gasteiger partial charge in [0.15, 0.2) is 0 Å². The predicted octanol–water partition coefficient (Wildman–Crippen LogP) is 13.8. The second kappa shape index (κ2) is 20.9. The third-order valence-corrected chi connectivity index (χ3v) is 10.1. The lowest BCUT2D eigenvalue weighted by Crippen LogP contribution is -1.86. The van der Waals surface area contributed by atoms with Crippen LogP contribution in [-0.2, 0) is 6.42 Å². The van der Waals surface area contributed by atoms with E-state index in [9.17, 15) is 0 Å². The van der Waals surface area contributed by atoms with Gasteiger partial charge in [-0.05, 0) is 85.2 Å². The number of aryl methyl sites for hydroxylation is 1. The zero-order valence-corrected chi connectivity index (χ0v) is 30.0. The number of aromatic amines is 2. The SMILES string of the molecule is CCCCCCCCCCCCCCCCCCCCCCCCc1cc2cc3nc(cc4ccc(cc5nc(cc1[nH]2)C=C5)[nH]4)C=C3. The highest BCUT2D eigenvalue weighted by atomic mass is 14.8. The fourth-order valence-electron chi connectivity index (χ4n) is 7.21. The van der Waals surface area contributed by atoms with Crippen molar-refractivity contribution in [2.24, 2.45) is 0 Å². The summed E-state index contributed by atoms with van der Waals surface area (Å²) in [6.45, 7) is 2.30. The molecule has 4 nitrogen and oxygen atoms in total. The Hall–Kier alpha value is -3.40. The van der Waals surface area contributed by atoms with Crippen LogP contribution in [0.5, 0.6) is 0 Å². The molecule has 0 saturated heterocycles. The quantitative estimate of drug-likeness (QED) is 0.0694. The normalized spacial score (nSPS) is 12.4. The molecule has 5 rings (SSSR count). The maximum Gasteiger partial charge on any atom is 0.0658 e. The predicted molar refractivity (Wildman–Crippen MR) is 210 cm³/mol. The minimum absolute atomic E-state index is 0.962. The molecule has 0 amide bonds. The number of unbranched alkanes of at least 4 members (excludes halogenated alkanes) is 21. The molecule has 2 N–H and O–H groups in total. The fourth-order valence-corrected chi connectivity index (χ4v) is 7.21. The Morgan fingerprint density at radius 3 is 1.21 bits per heavy atom. The maximum absolute atomic E-state index is 4.87. The Kier molecular flexibility index (Phi) is 15.6. The molecule has 3 aromatic heterocycles. The van der Waals surface area contributed by atoms with Gasteiger partial charge in [0.05, 0.1) is 22.8 Å². The average Bonchev–Trinajstić information content (AvgIpc) is 3.90. The van der Waals surface area contributed by atoms with Crippen molar-refractivity contribution in [2.75, 3.05) is 0 Å². The lowest BCUT2D eigenvalue weighted by atomic mass is 10.0. The second-order valence-electron chi connectivity index (χ2n) is 14.4. The lowest BCUT2D eigenvalue weighted by molar-refractivity contribution is 0.519. The smallest absolute Gasteiger partial charge is 0.0658 e. The number of rotatable bonds is 23. The summed E-state index contributed by atoms with van der Waals surface area (Å²) in [7, 11) is 0. The molecule has 0 fully saturated rings. The van der Waals surface area contributed by atoms with Crippen LogP contribution < -0.4 is 0 Å². The van der Waals surface area contributed by atoms with Crippen molar-refractivity contribution in [1.29, 1.82) is 0 Å². The minimum atomic E-state index is 0.962. The van der Waals surface area contributed by atoms with Crippen LogP contribution >= 0.6 is 0 Å². The molecular formula is C44H62N4. The zero-order valence-electron chi connectivity index (χ0n) is 30.0. The first-order valence-corrected chi connectivity index (χ1v) is 19.8. The van der Waals surface area contributed by atoms with E-state index in [0.29, 0.717) is 0 Å². The Labute approximate surface area is 291 Å². The number of aromatic nitrogens is 4. The van der Waals surface area contributed by atoms with Crippen LogP contribution in [0.25, 0.3) is 46.4 Å². The molecule has 0 aromatic carbocycles. The van der Waals surface area contributed by atoms with E-state index in [1.54, 1.807) is 0 Å². The highest BCUT2D eigenvalue weighted by Gasteiger charge is 2.06. The number of hydrogen-bond donors (Lipinski definition) is 2. The topological polar surface area (TPSA) is 57.4 Å². The van der Waals surface area contributed by atoms with Crippen LogP contribution in [0, 0.1) is 0 Å². The van der Waals surface area contributed by atoms with Gasteiger partial charge in [-0.15, -0.1) is 0 Å². The molecule has 2 aliphatic heterocycles. The molecule has 258 valence electrons. The van der Waals surface area contributed by atoms with E-state index < -0.39 is 0 Å². The van der Waals surface area contributed by atoms with Crippen LogP contribution in [0.3, 0.4) is 0 Å². The highest BCUT2D eigenvalue weighted by Crippen LogP contribution is 2.22. The molecule has 0 aliphatic carbocycles. The number of nitrogens with one attached hydrogen (secondary N) is 2. The van der Waals surface area contributed by atoms with Gasteiger partial charge in [0.1, 0.15) is 0 Å². The summed E-state index contributed by atoms with van der Waals surface area (Å²) in [4.78, 5) is 16.8. The molecule has 3 aromatic rings. The van der Waals surface area contributed by atoms with Crippen LogP contribution in [0.2, 0.25) is 0 Å². The Morgan fingerprint density at radius 1 is 0.396 bits per heavy atom. The third kappa shape index (κ3) is 12.9. The molecule has 0 atom stereocenters. The first-order chi connectivity index (χ1) is 23.7. The molecule has 0 spiro atoms. The summed E-state index contributed by atoms with van der Waals surface area (Å²) < 4.78 is 0. The van der Waals surface area contributed by atoms with Gasteiger partial charge in [0.2, 0.25) is 0 Å². The minimum Gasteiger partial charge on any atom is -0.355 e. The number of H-pyrrole nitrogens is 2. The standard InChI is InChI=1S/C44H62N4/c1-2-3-4-5-6-7-8-9-10-11-12-13-14-15-16-17-18-19-20-21-22-23-24-36-31-43-34-41-28-27-39(46-41)32-37-25-26-38(45-37)33-40-29-30-42(47-40)35-44(36)48-43/h25-35,45,48H,2-24H2,1H3. The number of hydrogen-bond acceptors (Lipinski definition) is 2. The van der Waals surface area contributed by atoms with Gasteiger partial charge in [-0.2, -0.15) is 0 Å². The Morgan fingerprint density at radius 2 is 0.771 bits per heavy atom. The monoisotopic (exact) mass is 646 g/mol. The van der Waals surface area contributed by atoms with E-state index in [2.05, 4.69) is 83.7 Å². The van der Waals surface area contributed by atoms with Gasteiger partial charge < -0.3 is 9.97 Å². The molecule has 5 heterocycles. The summed E-state index contributed by atoms with van der Waals surface area (Å²) in [5, 5.41) is 0. The largest absolute Gasteiger partial charge is 0.355 e. The van der Waals surface area contributed by atoms with E-state index in [4.69, 9.17) is 9.97 Å². The van der Waals surface area contributed by atoms with Crippen molar-refractivity contribution in [3.05, 3.63) is 70.8 Å². The molecule has 4 heteroatoms. The summed E-state index contributed by atoms with van der Waals surface area (Å²) in [5.41, 5.74) is 9.63. The zero-order chi connectivity index (χ0) is 33.1. The van der Waals surface area contributed by atoms with Crippen molar-refractivity contribution in [3.8, 4) is 0 Å². The van der Waals surface area contributed by atoms with Crippen LogP contribution in [0.4, 0.5) is 0 Å². The van der Waals surface area contributed by atoms with E-state index in [1.165, 1.54) is 152 Å². The Bertz CT molecular complexity index is 1590. The second-order valence-corrected chi connectivity index (χ2v) is 14.4. The summed E-state index contributed by atoms with van der Waals surface area (Å²) in [6.07, 6.45) is 40.7. The van der Waals surface area contributed by atoms with Crippen molar-refractivity contribution in [3.63, 3.8) is 0 Å². The van der Waals surface area contributed by atoms with Crippen molar-refractivity contribution < 1.29 is 0 Å². The van der Waals surface area contributed by atoms with Crippen LogP contribution in [0.1, 0.15) is 177 Å². The van der Waals surface area contributed by atoms with Gasteiger partial charge in [-0.1, -0.05) is 142 Å².